The molecule has 170 valence electrons. The van der Waals surface area contributed by atoms with Crippen molar-refractivity contribution < 1.29 is 9.53 Å². The van der Waals surface area contributed by atoms with Gasteiger partial charge in [-0.25, -0.2) is 4.79 Å². The molecule has 1 saturated heterocycles. The molecule has 29 heavy (non-hydrogen) atoms. The van der Waals surface area contributed by atoms with Crippen molar-refractivity contribution in [2.75, 3.05) is 11.0 Å². The third-order valence-electron chi connectivity index (χ3n) is 6.68. The maximum Gasteiger partial charge on any atom is 0.410 e. The van der Waals surface area contributed by atoms with Crippen LogP contribution in [-0.4, -0.2) is 37.9 Å². The number of amides is 1. The van der Waals surface area contributed by atoms with Crippen molar-refractivity contribution in [2.24, 2.45) is 11.8 Å². The Morgan fingerprint density at radius 2 is 1.79 bits per heavy atom. The van der Waals surface area contributed by atoms with Crippen molar-refractivity contribution in [3.8, 4) is 0 Å². The Morgan fingerprint density at radius 3 is 2.48 bits per heavy atom. The largest absolute Gasteiger partial charge is 0.445 e. The summed E-state index contributed by atoms with van der Waals surface area (Å²) in [5.41, 5.74) is 0. The van der Waals surface area contributed by atoms with Gasteiger partial charge in [0.1, 0.15) is 6.61 Å². The number of alkyl halides is 4. The molecule has 7 heteroatoms. The van der Waals surface area contributed by atoms with Gasteiger partial charge in [0.15, 0.2) is 0 Å². The number of hydrogen-bond donors (Lipinski definition) is 0. The molecular formula is C22H37Cl3INO2. The molecule has 1 aliphatic heterocycles. The van der Waals surface area contributed by atoms with Crippen LogP contribution in [0.2, 0.25) is 0 Å². The molecule has 1 aliphatic carbocycles. The Labute approximate surface area is 206 Å². The van der Waals surface area contributed by atoms with E-state index >= 15 is 0 Å². The van der Waals surface area contributed by atoms with E-state index in [2.05, 4.69) is 34.4 Å². The highest BCUT2D eigenvalue weighted by Gasteiger charge is 2.45. The molecule has 0 spiro atoms. The lowest BCUT2D eigenvalue weighted by Crippen LogP contribution is -2.57. The third-order valence-corrected chi connectivity index (χ3v) is 7.77. The predicted octanol–water partition coefficient (Wildman–Crippen LogP) is 8.32. The average Bonchev–Trinajstić information content (AvgIpc) is 2.68. The molecule has 1 heterocycles. The number of hydrogen-bond acceptors (Lipinski definition) is 2. The van der Waals surface area contributed by atoms with Crippen molar-refractivity contribution in [1.82, 2.24) is 4.90 Å². The van der Waals surface area contributed by atoms with Gasteiger partial charge in [0.05, 0.1) is 0 Å². The van der Waals surface area contributed by atoms with Crippen molar-refractivity contribution in [3.05, 3.63) is 0 Å². The zero-order chi connectivity index (χ0) is 21.3. The fourth-order valence-corrected chi connectivity index (χ4v) is 6.05. The van der Waals surface area contributed by atoms with Crippen LogP contribution in [0.3, 0.4) is 0 Å². The Hall–Kier alpha value is 0.870. The van der Waals surface area contributed by atoms with Crippen molar-refractivity contribution in [2.45, 2.75) is 106 Å². The van der Waals surface area contributed by atoms with E-state index in [4.69, 9.17) is 39.5 Å². The van der Waals surface area contributed by atoms with Gasteiger partial charge < -0.3 is 9.64 Å². The molecule has 0 aromatic carbocycles. The van der Waals surface area contributed by atoms with Crippen molar-refractivity contribution in [1.29, 1.82) is 0 Å². The summed E-state index contributed by atoms with van der Waals surface area (Å²) < 4.78 is 5.11. The molecule has 2 unspecified atom stereocenters. The van der Waals surface area contributed by atoms with E-state index in [0.717, 1.165) is 25.2 Å². The lowest BCUT2D eigenvalue weighted by atomic mass is 9.68. The fraction of sp³-hybridized carbons (Fsp3) is 0.955. The number of piperidine rings is 1. The quantitative estimate of drug-likeness (QED) is 0.148. The summed E-state index contributed by atoms with van der Waals surface area (Å²) in [4.78, 5) is 15.2. The molecule has 0 aromatic heterocycles. The highest BCUT2D eigenvalue weighted by Crippen LogP contribution is 2.44. The van der Waals surface area contributed by atoms with Gasteiger partial charge in [-0.1, -0.05) is 116 Å². The van der Waals surface area contributed by atoms with Crippen LogP contribution >= 0.6 is 57.4 Å². The Kier molecular flexibility index (Phi) is 12.1. The maximum absolute atomic E-state index is 13.1. The van der Waals surface area contributed by atoms with Gasteiger partial charge in [-0.3, -0.25) is 0 Å². The van der Waals surface area contributed by atoms with Gasteiger partial charge in [-0.15, -0.1) is 0 Å². The number of carbonyl (C=O) groups excluding carboxylic acids is 1. The summed E-state index contributed by atoms with van der Waals surface area (Å²) in [5, 5.41) is 0. The zero-order valence-corrected chi connectivity index (χ0v) is 22.1. The minimum Gasteiger partial charge on any atom is -0.445 e. The number of halogens is 4. The zero-order valence-electron chi connectivity index (χ0n) is 17.7. The smallest absolute Gasteiger partial charge is 0.410 e. The number of unbranched alkanes of at least 4 members (excludes halogenated alkanes) is 4. The molecule has 4 atom stereocenters. The fourth-order valence-electron chi connectivity index (χ4n) is 5.35. The van der Waals surface area contributed by atoms with Crippen LogP contribution < -0.4 is 0 Å². The predicted molar refractivity (Wildman–Crippen MR) is 133 cm³/mol. The first-order valence-electron chi connectivity index (χ1n) is 11.4. The summed E-state index contributed by atoms with van der Waals surface area (Å²) in [6, 6.07) is 0.560. The Bertz CT molecular complexity index is 489. The first kappa shape index (κ1) is 26.1. The van der Waals surface area contributed by atoms with E-state index in [1.165, 1.54) is 68.6 Å². The number of ether oxygens (including phenoxy) is 1. The number of carbonyl (C=O) groups is 1. The van der Waals surface area contributed by atoms with E-state index < -0.39 is 3.79 Å². The molecule has 0 radical (unpaired) electrons. The first-order valence-corrected chi connectivity index (χ1v) is 14.1. The Balaban J connectivity index is 2.07. The number of rotatable bonds is 10. The highest BCUT2D eigenvalue weighted by molar-refractivity contribution is 14.1. The molecular weight excluding hydrogens is 544 g/mol. The highest BCUT2D eigenvalue weighted by atomic mass is 127. The maximum atomic E-state index is 13.1. The SMILES string of the molecule is CCCCC[C@@H]1CCCC2C1CC[C@@H](CCCCCI)N2C(=O)OCC(Cl)(Cl)Cl. The summed E-state index contributed by atoms with van der Waals surface area (Å²) >= 11 is 19.9. The average molecular weight is 581 g/mol. The topological polar surface area (TPSA) is 29.5 Å². The normalized spacial score (nSPS) is 27.6. The van der Waals surface area contributed by atoms with E-state index in [0.29, 0.717) is 12.0 Å². The molecule has 0 aromatic rings. The van der Waals surface area contributed by atoms with E-state index in [1.54, 1.807) is 0 Å². The Morgan fingerprint density at radius 1 is 1.03 bits per heavy atom. The van der Waals surface area contributed by atoms with E-state index in [9.17, 15) is 4.79 Å². The molecule has 3 nitrogen and oxygen atoms in total. The van der Waals surface area contributed by atoms with Crippen molar-refractivity contribution in [3.63, 3.8) is 0 Å². The molecule has 0 bridgehead atoms. The summed E-state index contributed by atoms with van der Waals surface area (Å²) in [6.45, 7) is 2.07. The lowest BCUT2D eigenvalue weighted by Gasteiger charge is -2.51. The summed E-state index contributed by atoms with van der Waals surface area (Å²) in [7, 11) is 0. The minimum atomic E-state index is -1.56. The van der Waals surface area contributed by atoms with Gasteiger partial charge in [0, 0.05) is 12.1 Å². The molecule has 2 aliphatic rings. The van der Waals surface area contributed by atoms with Crippen LogP contribution in [0.4, 0.5) is 4.79 Å². The van der Waals surface area contributed by atoms with Crippen LogP contribution in [-0.2, 0) is 4.74 Å². The number of likely N-dealkylation sites (tertiary alicyclic amines) is 1. The van der Waals surface area contributed by atoms with E-state index in [1.807, 2.05) is 0 Å². The molecule has 1 amide bonds. The van der Waals surface area contributed by atoms with Crippen LogP contribution in [0.5, 0.6) is 0 Å². The first-order chi connectivity index (χ1) is 13.9. The second-order valence-corrected chi connectivity index (χ2v) is 12.4. The van der Waals surface area contributed by atoms with Crippen LogP contribution in [0, 0.1) is 11.8 Å². The van der Waals surface area contributed by atoms with Crippen LogP contribution in [0.25, 0.3) is 0 Å². The van der Waals surface area contributed by atoms with Gasteiger partial charge >= 0.3 is 6.09 Å². The lowest BCUT2D eigenvalue weighted by molar-refractivity contribution is -0.0171. The molecule has 2 rings (SSSR count). The van der Waals surface area contributed by atoms with Gasteiger partial charge in [-0.05, 0) is 48.4 Å². The van der Waals surface area contributed by atoms with Gasteiger partial charge in [-0.2, -0.15) is 0 Å². The van der Waals surface area contributed by atoms with E-state index in [-0.39, 0.29) is 18.7 Å². The summed E-state index contributed by atoms with van der Waals surface area (Å²) in [5.74, 6) is 1.34. The number of nitrogens with zero attached hydrogens (tertiary/aromatic N) is 1. The third kappa shape index (κ3) is 8.73. The summed E-state index contributed by atoms with van der Waals surface area (Å²) in [6.07, 6.45) is 15.5. The number of fused-ring (bicyclic) bond motifs is 1. The van der Waals surface area contributed by atoms with Gasteiger partial charge in [0.2, 0.25) is 3.79 Å². The van der Waals surface area contributed by atoms with Crippen LogP contribution in [0.15, 0.2) is 0 Å². The van der Waals surface area contributed by atoms with Gasteiger partial charge in [0.25, 0.3) is 0 Å². The minimum absolute atomic E-state index is 0.189. The molecule has 1 saturated carbocycles. The standard InChI is InChI=1S/C22H37Cl3INO2/c1-2-3-5-9-17-10-8-12-20-19(17)14-13-18(11-6-4-7-15-26)27(20)21(28)29-16-22(23,24)25/h17-20H,2-16H2,1H3/t17-,18-,19?,20?/m1/s1. The monoisotopic (exact) mass is 579 g/mol. The van der Waals surface area contributed by atoms with Crippen LogP contribution in [0.1, 0.15) is 90.4 Å². The molecule has 2 fully saturated rings. The van der Waals surface area contributed by atoms with Crippen molar-refractivity contribution >= 4 is 63.5 Å². The molecule has 0 N–H and O–H groups in total. The second kappa shape index (κ2) is 13.4. The second-order valence-electron chi connectivity index (χ2n) is 8.76.